The highest BCUT2D eigenvalue weighted by Crippen LogP contribution is 2.29. The number of hydrogen-bond acceptors (Lipinski definition) is 4. The molecule has 0 aromatic heterocycles. The Morgan fingerprint density at radius 3 is 2.15 bits per heavy atom. The molecule has 0 heterocycles. The number of unbranched alkanes of at least 4 members (excludes halogenated alkanes) is 1. The molecule has 0 aliphatic rings. The number of benzene rings is 3. The highest BCUT2D eigenvalue weighted by Gasteiger charge is 2.34. The molecule has 0 saturated heterocycles. The number of aryl methyl sites for hydroxylation is 2. The molecule has 3 aromatic carbocycles. The van der Waals surface area contributed by atoms with E-state index in [0.29, 0.717) is 18.7 Å². The largest absolute Gasteiger partial charge is 0.354 e. The fraction of sp³-hybridized carbons (Fsp3) is 0.375. The lowest BCUT2D eigenvalue weighted by atomic mass is 10.1. The maximum atomic E-state index is 14.2. The van der Waals surface area contributed by atoms with Crippen molar-refractivity contribution in [3.63, 3.8) is 0 Å². The molecule has 2 amide bonds. The molecule has 214 valence electrons. The van der Waals surface area contributed by atoms with Gasteiger partial charge in [-0.05, 0) is 74.1 Å². The fourth-order valence-electron chi connectivity index (χ4n) is 4.64. The van der Waals surface area contributed by atoms with Crippen LogP contribution in [0.5, 0.6) is 0 Å². The van der Waals surface area contributed by atoms with Crippen molar-refractivity contribution in [1.29, 1.82) is 0 Å². The Bertz CT molecular complexity index is 1410. The Kier molecular flexibility index (Phi) is 10.9. The first kappa shape index (κ1) is 30.9. The van der Waals surface area contributed by atoms with Crippen LogP contribution in [0.1, 0.15) is 55.4 Å². The summed E-state index contributed by atoms with van der Waals surface area (Å²) in [6.45, 7) is 9.91. The number of nitrogens with zero attached hydrogens (tertiary/aromatic N) is 2. The molecule has 7 nitrogen and oxygen atoms in total. The van der Waals surface area contributed by atoms with E-state index in [1.165, 1.54) is 21.3 Å². The van der Waals surface area contributed by atoms with Crippen molar-refractivity contribution in [2.45, 2.75) is 71.4 Å². The van der Waals surface area contributed by atoms with Crippen LogP contribution in [0.4, 0.5) is 5.69 Å². The van der Waals surface area contributed by atoms with Gasteiger partial charge >= 0.3 is 0 Å². The van der Waals surface area contributed by atoms with E-state index in [0.717, 1.165) is 35.1 Å². The first-order valence-corrected chi connectivity index (χ1v) is 15.3. The van der Waals surface area contributed by atoms with Crippen molar-refractivity contribution in [1.82, 2.24) is 10.2 Å². The third-order valence-corrected chi connectivity index (χ3v) is 9.05. The van der Waals surface area contributed by atoms with E-state index in [2.05, 4.69) is 5.32 Å². The van der Waals surface area contributed by atoms with Crippen molar-refractivity contribution in [3.8, 4) is 0 Å². The Morgan fingerprint density at radius 1 is 0.850 bits per heavy atom. The molecule has 8 heteroatoms. The molecule has 0 saturated carbocycles. The van der Waals surface area contributed by atoms with Crippen molar-refractivity contribution in [2.24, 2.45) is 0 Å². The average Bonchev–Trinajstić information content (AvgIpc) is 2.94. The normalized spacial score (nSPS) is 12.0. The highest BCUT2D eigenvalue weighted by atomic mass is 32.2. The zero-order valence-corrected chi connectivity index (χ0v) is 25.0. The van der Waals surface area contributed by atoms with E-state index >= 15 is 0 Å². The van der Waals surface area contributed by atoms with Gasteiger partial charge in [0.15, 0.2) is 0 Å². The van der Waals surface area contributed by atoms with E-state index in [4.69, 9.17) is 0 Å². The minimum Gasteiger partial charge on any atom is -0.354 e. The second kappa shape index (κ2) is 14.1. The number of amides is 2. The zero-order valence-electron chi connectivity index (χ0n) is 24.2. The van der Waals surface area contributed by atoms with Gasteiger partial charge < -0.3 is 10.2 Å². The molecule has 1 atom stereocenters. The van der Waals surface area contributed by atoms with Crippen LogP contribution in [-0.2, 0) is 26.2 Å². The van der Waals surface area contributed by atoms with Gasteiger partial charge in [0, 0.05) is 13.1 Å². The molecular weight excluding hydrogens is 522 g/mol. The summed E-state index contributed by atoms with van der Waals surface area (Å²) < 4.78 is 29.2. The molecule has 1 N–H and O–H groups in total. The number of carbonyl (C=O) groups excluding carboxylic acids is 2. The molecular formula is C32H41N3O4S. The summed E-state index contributed by atoms with van der Waals surface area (Å²) in [5.74, 6) is -0.678. The summed E-state index contributed by atoms with van der Waals surface area (Å²) in [4.78, 5) is 29.1. The lowest BCUT2D eigenvalue weighted by molar-refractivity contribution is -0.140. The highest BCUT2D eigenvalue weighted by molar-refractivity contribution is 7.92. The Hall–Kier alpha value is -3.65. The summed E-state index contributed by atoms with van der Waals surface area (Å²) in [6, 6.07) is 20.5. The second-order valence-corrected chi connectivity index (χ2v) is 11.9. The maximum absolute atomic E-state index is 14.2. The lowest BCUT2D eigenvalue weighted by Gasteiger charge is -2.34. The van der Waals surface area contributed by atoms with Gasteiger partial charge in [0.1, 0.15) is 12.6 Å². The van der Waals surface area contributed by atoms with Gasteiger partial charge in [-0.25, -0.2) is 8.42 Å². The van der Waals surface area contributed by atoms with Crippen LogP contribution in [-0.4, -0.2) is 44.3 Å². The third kappa shape index (κ3) is 7.30. The van der Waals surface area contributed by atoms with Crippen molar-refractivity contribution in [3.05, 3.63) is 95.1 Å². The van der Waals surface area contributed by atoms with Gasteiger partial charge in [-0.1, -0.05) is 74.9 Å². The van der Waals surface area contributed by atoms with Gasteiger partial charge in [-0.15, -0.1) is 0 Å². The van der Waals surface area contributed by atoms with Crippen LogP contribution >= 0.6 is 0 Å². The molecule has 0 fully saturated rings. The second-order valence-electron chi connectivity index (χ2n) is 10.1. The lowest BCUT2D eigenvalue weighted by Crippen LogP contribution is -2.52. The van der Waals surface area contributed by atoms with Gasteiger partial charge in [0.2, 0.25) is 11.8 Å². The molecule has 0 bridgehead atoms. The van der Waals surface area contributed by atoms with E-state index in [-0.39, 0.29) is 17.3 Å². The summed E-state index contributed by atoms with van der Waals surface area (Å²) in [6.07, 6.45) is 2.17. The van der Waals surface area contributed by atoms with Crippen molar-refractivity contribution < 1.29 is 18.0 Å². The van der Waals surface area contributed by atoms with Gasteiger partial charge in [-0.3, -0.25) is 13.9 Å². The van der Waals surface area contributed by atoms with Crippen LogP contribution in [0, 0.1) is 20.8 Å². The van der Waals surface area contributed by atoms with E-state index in [1.54, 1.807) is 30.3 Å². The minimum absolute atomic E-state index is 0.0958. The topological polar surface area (TPSA) is 86.8 Å². The first-order valence-electron chi connectivity index (χ1n) is 13.9. The number of anilines is 1. The SMILES string of the molecule is CCCCNC(=O)[C@H](CC)N(Cc1ccccc1C)C(=O)CN(c1cccc(C)c1C)S(=O)(=O)c1ccccc1. The van der Waals surface area contributed by atoms with Crippen LogP contribution in [0.2, 0.25) is 0 Å². The van der Waals surface area contributed by atoms with Crippen molar-refractivity contribution >= 4 is 27.5 Å². The van der Waals surface area contributed by atoms with Crippen LogP contribution in [0.3, 0.4) is 0 Å². The monoisotopic (exact) mass is 563 g/mol. The van der Waals surface area contributed by atoms with Crippen molar-refractivity contribution in [2.75, 3.05) is 17.4 Å². The molecule has 0 spiro atoms. The summed E-state index contributed by atoms with van der Waals surface area (Å²) >= 11 is 0. The smallest absolute Gasteiger partial charge is 0.264 e. The predicted octanol–water partition coefficient (Wildman–Crippen LogP) is 5.53. The van der Waals surface area contributed by atoms with Gasteiger partial charge in [0.25, 0.3) is 10.0 Å². The van der Waals surface area contributed by atoms with E-state index in [9.17, 15) is 18.0 Å². The Balaban J connectivity index is 2.08. The summed E-state index contributed by atoms with van der Waals surface area (Å²) in [5, 5.41) is 2.96. The van der Waals surface area contributed by atoms with Gasteiger partial charge in [-0.2, -0.15) is 0 Å². The Labute approximate surface area is 239 Å². The third-order valence-electron chi connectivity index (χ3n) is 7.27. The number of nitrogens with one attached hydrogen (secondary N) is 1. The van der Waals surface area contributed by atoms with Crippen LogP contribution in [0.15, 0.2) is 77.7 Å². The molecule has 3 aromatic rings. The number of rotatable bonds is 13. The van der Waals surface area contributed by atoms with E-state index < -0.39 is 28.5 Å². The van der Waals surface area contributed by atoms with E-state index in [1.807, 2.05) is 65.0 Å². The molecule has 40 heavy (non-hydrogen) atoms. The zero-order chi connectivity index (χ0) is 29.3. The van der Waals surface area contributed by atoms with Crippen LogP contribution < -0.4 is 9.62 Å². The molecule has 0 radical (unpaired) electrons. The summed E-state index contributed by atoms with van der Waals surface area (Å²) in [7, 11) is -4.09. The molecule has 0 aliphatic heterocycles. The standard InChI is InChI=1S/C32H41N3O4S/c1-6-8-21-33-32(37)29(7-2)34(22-27-17-13-12-15-25(27)4)31(36)23-35(30-20-14-16-24(3)26(30)5)40(38,39)28-18-10-9-11-19-28/h9-20,29H,6-8,21-23H2,1-5H3,(H,33,37)/t29-/m0/s1. The number of sulfonamides is 1. The number of hydrogen-bond donors (Lipinski definition) is 1. The number of carbonyl (C=O) groups is 2. The molecule has 0 aliphatic carbocycles. The van der Waals surface area contributed by atoms with Gasteiger partial charge in [0.05, 0.1) is 10.6 Å². The predicted molar refractivity (Wildman–Crippen MR) is 161 cm³/mol. The Morgan fingerprint density at radius 2 is 1.50 bits per heavy atom. The fourth-order valence-corrected chi connectivity index (χ4v) is 6.13. The maximum Gasteiger partial charge on any atom is 0.264 e. The molecule has 3 rings (SSSR count). The average molecular weight is 564 g/mol. The summed E-state index contributed by atoms with van der Waals surface area (Å²) in [5.41, 5.74) is 4.01. The minimum atomic E-state index is -4.09. The quantitative estimate of drug-likeness (QED) is 0.277. The first-order chi connectivity index (χ1) is 19.1. The van der Waals surface area contributed by atoms with Crippen LogP contribution in [0.25, 0.3) is 0 Å². The molecule has 0 unspecified atom stereocenters.